The zero-order valence-corrected chi connectivity index (χ0v) is 12.0. The maximum absolute atomic E-state index is 4.60. The van der Waals surface area contributed by atoms with Gasteiger partial charge in [0, 0.05) is 26.3 Å². The van der Waals surface area contributed by atoms with Crippen molar-refractivity contribution in [3.8, 4) is 0 Å². The SMILES string of the molecule is CN(C)c1ccc(C=NN2CCc3ccccc32)cc1. The van der Waals surface area contributed by atoms with Gasteiger partial charge in [-0.05, 0) is 35.7 Å². The van der Waals surface area contributed by atoms with Gasteiger partial charge in [0.25, 0.3) is 0 Å². The second kappa shape index (κ2) is 5.37. The highest BCUT2D eigenvalue weighted by Gasteiger charge is 2.16. The van der Waals surface area contributed by atoms with Gasteiger partial charge in [-0.1, -0.05) is 30.3 Å². The van der Waals surface area contributed by atoms with Gasteiger partial charge >= 0.3 is 0 Å². The Morgan fingerprint density at radius 1 is 1.05 bits per heavy atom. The number of nitrogens with zero attached hydrogens (tertiary/aromatic N) is 3. The monoisotopic (exact) mass is 265 g/mol. The number of hydrogen-bond donors (Lipinski definition) is 0. The number of anilines is 2. The van der Waals surface area contributed by atoms with Gasteiger partial charge in [0.05, 0.1) is 11.9 Å². The Morgan fingerprint density at radius 2 is 1.80 bits per heavy atom. The van der Waals surface area contributed by atoms with Crippen LogP contribution in [-0.2, 0) is 6.42 Å². The van der Waals surface area contributed by atoms with E-state index in [4.69, 9.17) is 0 Å². The molecule has 0 unspecified atom stereocenters. The van der Waals surface area contributed by atoms with Gasteiger partial charge in [-0.2, -0.15) is 5.10 Å². The van der Waals surface area contributed by atoms with E-state index >= 15 is 0 Å². The Labute approximate surface area is 120 Å². The largest absolute Gasteiger partial charge is 0.378 e. The molecular formula is C17H19N3. The summed E-state index contributed by atoms with van der Waals surface area (Å²) in [7, 11) is 4.09. The molecule has 3 nitrogen and oxygen atoms in total. The van der Waals surface area contributed by atoms with Crippen molar-refractivity contribution >= 4 is 17.6 Å². The molecule has 0 bridgehead atoms. The number of fused-ring (bicyclic) bond motifs is 1. The fourth-order valence-corrected chi connectivity index (χ4v) is 2.44. The minimum absolute atomic E-state index is 0.964. The predicted molar refractivity (Wildman–Crippen MR) is 85.9 cm³/mol. The molecule has 0 fully saturated rings. The Morgan fingerprint density at radius 3 is 2.55 bits per heavy atom. The lowest BCUT2D eigenvalue weighted by Gasteiger charge is -2.13. The van der Waals surface area contributed by atoms with Crippen molar-refractivity contribution in [1.29, 1.82) is 0 Å². The topological polar surface area (TPSA) is 18.8 Å². The molecule has 3 heteroatoms. The summed E-state index contributed by atoms with van der Waals surface area (Å²) in [6, 6.07) is 16.9. The number of rotatable bonds is 3. The van der Waals surface area contributed by atoms with E-state index in [1.165, 1.54) is 16.9 Å². The third-order valence-electron chi connectivity index (χ3n) is 3.62. The van der Waals surface area contributed by atoms with Crippen molar-refractivity contribution in [3.63, 3.8) is 0 Å². The first-order valence-corrected chi connectivity index (χ1v) is 6.91. The molecule has 102 valence electrons. The Hall–Kier alpha value is -2.29. The van der Waals surface area contributed by atoms with E-state index in [1.807, 2.05) is 20.3 Å². The lowest BCUT2D eigenvalue weighted by atomic mass is 10.2. The fraction of sp³-hybridized carbons (Fsp3) is 0.235. The van der Waals surface area contributed by atoms with Crippen LogP contribution in [0.2, 0.25) is 0 Å². The van der Waals surface area contributed by atoms with Crippen molar-refractivity contribution in [3.05, 3.63) is 59.7 Å². The summed E-state index contributed by atoms with van der Waals surface area (Å²) in [6.07, 6.45) is 3.01. The molecule has 1 heterocycles. The molecule has 3 rings (SSSR count). The number of hydrogen-bond acceptors (Lipinski definition) is 3. The van der Waals surface area contributed by atoms with Crippen molar-refractivity contribution < 1.29 is 0 Å². The second-order valence-corrected chi connectivity index (χ2v) is 5.23. The molecule has 0 saturated carbocycles. The average molecular weight is 265 g/mol. The average Bonchev–Trinajstić information content (AvgIpc) is 2.89. The molecule has 0 amide bonds. The van der Waals surface area contributed by atoms with Crippen LogP contribution in [0.15, 0.2) is 53.6 Å². The van der Waals surface area contributed by atoms with Crippen LogP contribution in [0.3, 0.4) is 0 Å². The maximum Gasteiger partial charge on any atom is 0.0626 e. The molecule has 0 aromatic heterocycles. The van der Waals surface area contributed by atoms with Gasteiger partial charge in [0.2, 0.25) is 0 Å². The summed E-state index contributed by atoms with van der Waals surface area (Å²) in [5.74, 6) is 0. The highest BCUT2D eigenvalue weighted by Crippen LogP contribution is 2.27. The van der Waals surface area contributed by atoms with Crippen LogP contribution < -0.4 is 9.91 Å². The van der Waals surface area contributed by atoms with Crippen LogP contribution in [0.4, 0.5) is 11.4 Å². The molecule has 0 aliphatic carbocycles. The fourth-order valence-electron chi connectivity index (χ4n) is 2.44. The summed E-state index contributed by atoms with van der Waals surface area (Å²) in [5.41, 5.74) is 4.94. The highest BCUT2D eigenvalue weighted by atomic mass is 15.5. The van der Waals surface area contributed by atoms with Crippen molar-refractivity contribution in [1.82, 2.24) is 0 Å². The normalized spacial score (nSPS) is 13.8. The predicted octanol–water partition coefficient (Wildman–Crippen LogP) is 3.15. The van der Waals surface area contributed by atoms with Crippen LogP contribution in [0, 0.1) is 0 Å². The Bertz CT molecular complexity index is 614. The first-order valence-electron chi connectivity index (χ1n) is 6.91. The van der Waals surface area contributed by atoms with E-state index in [9.17, 15) is 0 Å². The minimum atomic E-state index is 0.964. The Kier molecular flexibility index (Phi) is 3.42. The zero-order chi connectivity index (χ0) is 13.9. The third-order valence-corrected chi connectivity index (χ3v) is 3.62. The summed E-state index contributed by atoms with van der Waals surface area (Å²) in [5, 5.41) is 6.68. The van der Waals surface area contributed by atoms with Crippen molar-refractivity contribution in [2.45, 2.75) is 6.42 Å². The minimum Gasteiger partial charge on any atom is -0.378 e. The first-order chi connectivity index (χ1) is 9.74. The van der Waals surface area contributed by atoms with Gasteiger partial charge < -0.3 is 4.90 Å². The number of hydrazone groups is 1. The van der Waals surface area contributed by atoms with Gasteiger partial charge in [-0.25, -0.2) is 0 Å². The first kappa shape index (κ1) is 12.7. The molecule has 0 spiro atoms. The molecule has 2 aromatic rings. The van der Waals surface area contributed by atoms with Gasteiger partial charge in [-0.3, -0.25) is 5.01 Å². The third kappa shape index (κ3) is 2.52. The molecule has 0 saturated heterocycles. The second-order valence-electron chi connectivity index (χ2n) is 5.23. The van der Waals surface area contributed by atoms with Gasteiger partial charge in [0.1, 0.15) is 0 Å². The molecule has 1 aliphatic heterocycles. The molecule has 2 aromatic carbocycles. The van der Waals surface area contributed by atoms with E-state index in [1.54, 1.807) is 0 Å². The van der Waals surface area contributed by atoms with E-state index in [0.29, 0.717) is 0 Å². The Balaban J connectivity index is 1.75. The van der Waals surface area contributed by atoms with Crippen LogP contribution in [-0.4, -0.2) is 26.9 Å². The van der Waals surface area contributed by atoms with Crippen LogP contribution in [0.1, 0.15) is 11.1 Å². The van der Waals surface area contributed by atoms with E-state index in [0.717, 1.165) is 18.5 Å². The lowest BCUT2D eigenvalue weighted by Crippen LogP contribution is -2.12. The van der Waals surface area contributed by atoms with Crippen LogP contribution in [0.5, 0.6) is 0 Å². The summed E-state index contributed by atoms with van der Waals surface area (Å²) in [4.78, 5) is 2.09. The smallest absolute Gasteiger partial charge is 0.0626 e. The zero-order valence-electron chi connectivity index (χ0n) is 12.0. The summed E-state index contributed by atoms with van der Waals surface area (Å²) in [6.45, 7) is 0.964. The van der Waals surface area contributed by atoms with Crippen LogP contribution >= 0.6 is 0 Å². The quantitative estimate of drug-likeness (QED) is 0.794. The standard InChI is InChI=1S/C17H19N3/c1-19(2)16-9-7-14(8-10-16)13-18-20-12-11-15-5-3-4-6-17(15)20/h3-10,13H,11-12H2,1-2H3. The van der Waals surface area contributed by atoms with Gasteiger partial charge in [0.15, 0.2) is 0 Å². The lowest BCUT2D eigenvalue weighted by molar-refractivity contribution is 0.896. The molecule has 1 aliphatic rings. The number of benzene rings is 2. The van der Waals surface area contributed by atoms with E-state index in [-0.39, 0.29) is 0 Å². The molecule has 0 radical (unpaired) electrons. The van der Waals surface area contributed by atoms with Crippen molar-refractivity contribution in [2.75, 3.05) is 30.5 Å². The summed E-state index contributed by atoms with van der Waals surface area (Å²) >= 11 is 0. The summed E-state index contributed by atoms with van der Waals surface area (Å²) < 4.78 is 0. The maximum atomic E-state index is 4.60. The highest BCUT2D eigenvalue weighted by molar-refractivity contribution is 5.81. The molecule has 20 heavy (non-hydrogen) atoms. The molecule has 0 atom stereocenters. The van der Waals surface area contributed by atoms with Crippen LogP contribution in [0.25, 0.3) is 0 Å². The van der Waals surface area contributed by atoms with E-state index < -0.39 is 0 Å². The molecular weight excluding hydrogens is 246 g/mol. The van der Waals surface area contributed by atoms with Gasteiger partial charge in [-0.15, -0.1) is 0 Å². The van der Waals surface area contributed by atoms with Crippen molar-refractivity contribution in [2.24, 2.45) is 5.10 Å². The van der Waals surface area contributed by atoms with E-state index in [2.05, 4.69) is 63.5 Å². The number of para-hydroxylation sites is 1. The molecule has 0 N–H and O–H groups in total.